The maximum Gasteiger partial charge on any atom is 0.320 e. The Bertz CT molecular complexity index is 402. The van der Waals surface area contributed by atoms with Crippen LogP contribution in [0.25, 0.3) is 0 Å². The number of rotatable bonds is 7. The summed E-state index contributed by atoms with van der Waals surface area (Å²) < 4.78 is 25.1. The lowest BCUT2D eigenvalue weighted by atomic mass is 10.0. The van der Waals surface area contributed by atoms with E-state index < -0.39 is 33.7 Å². The van der Waals surface area contributed by atoms with Crippen LogP contribution in [0.1, 0.15) is 20.3 Å². The van der Waals surface area contributed by atoms with Crippen molar-refractivity contribution < 1.29 is 23.1 Å². The predicted octanol–water partition coefficient (Wildman–Crippen LogP) is -0.507. The Kier molecular flexibility index (Phi) is 6.27. The second-order valence-electron chi connectivity index (χ2n) is 4.69. The molecule has 0 aromatic carbocycles. The molecule has 8 heteroatoms. The van der Waals surface area contributed by atoms with Crippen molar-refractivity contribution >= 4 is 21.9 Å². The van der Waals surface area contributed by atoms with Gasteiger partial charge in [0.2, 0.25) is 15.9 Å². The maximum atomic E-state index is 11.8. The van der Waals surface area contributed by atoms with Crippen LogP contribution in [-0.4, -0.2) is 56.2 Å². The Morgan fingerprint density at radius 2 is 1.78 bits per heavy atom. The Morgan fingerprint density at radius 1 is 1.28 bits per heavy atom. The van der Waals surface area contributed by atoms with Crippen molar-refractivity contribution in [3.63, 3.8) is 0 Å². The van der Waals surface area contributed by atoms with Crippen LogP contribution in [0, 0.1) is 5.92 Å². The Balaban J connectivity index is 4.90. The lowest BCUT2D eigenvalue weighted by Crippen LogP contribution is -2.48. The molecule has 0 aliphatic carbocycles. The molecule has 7 nitrogen and oxygen atoms in total. The molecular formula is C10H20N2O5S. The fourth-order valence-electron chi connectivity index (χ4n) is 1.40. The molecule has 0 heterocycles. The number of carboxylic acid groups (broad SMARTS) is 1. The van der Waals surface area contributed by atoms with Gasteiger partial charge in [-0.25, -0.2) is 13.1 Å². The number of amides is 1. The molecule has 0 bridgehead atoms. The molecule has 0 saturated carbocycles. The summed E-state index contributed by atoms with van der Waals surface area (Å²) in [4.78, 5) is 23.5. The second-order valence-corrected chi connectivity index (χ2v) is 6.44. The van der Waals surface area contributed by atoms with Crippen molar-refractivity contribution in [2.45, 2.75) is 26.3 Å². The molecule has 0 aromatic heterocycles. The Hall–Kier alpha value is -1.15. The van der Waals surface area contributed by atoms with Crippen LogP contribution >= 0.6 is 0 Å². The van der Waals surface area contributed by atoms with E-state index in [0.717, 1.165) is 0 Å². The van der Waals surface area contributed by atoms with E-state index in [2.05, 4.69) is 4.72 Å². The van der Waals surface area contributed by atoms with Gasteiger partial charge < -0.3 is 10.0 Å². The number of carbonyl (C=O) groups is 2. The van der Waals surface area contributed by atoms with Gasteiger partial charge in [0.25, 0.3) is 0 Å². The summed E-state index contributed by atoms with van der Waals surface area (Å²) in [6, 6.07) is -0.927. The Morgan fingerprint density at radius 3 is 2.11 bits per heavy atom. The monoisotopic (exact) mass is 280 g/mol. The molecule has 1 amide bonds. The minimum atomic E-state index is -4.00. The number of hydrogen-bond donors (Lipinski definition) is 2. The third kappa shape index (κ3) is 6.55. The highest BCUT2D eigenvalue weighted by Crippen LogP contribution is 2.08. The number of carboxylic acids is 1. The number of hydrogen-bond acceptors (Lipinski definition) is 4. The van der Waals surface area contributed by atoms with E-state index in [1.165, 1.54) is 19.0 Å². The number of nitrogens with one attached hydrogen (secondary N) is 1. The van der Waals surface area contributed by atoms with Gasteiger partial charge in [0, 0.05) is 14.1 Å². The quantitative estimate of drug-likeness (QED) is 0.654. The number of likely N-dealkylation sites (N-methyl/N-ethyl adjacent to an activating group) is 1. The zero-order chi connectivity index (χ0) is 14.5. The lowest BCUT2D eigenvalue weighted by Gasteiger charge is -2.22. The molecule has 0 rings (SSSR count). The van der Waals surface area contributed by atoms with Gasteiger partial charge in [-0.15, -0.1) is 0 Å². The van der Waals surface area contributed by atoms with Gasteiger partial charge in [-0.1, -0.05) is 13.8 Å². The van der Waals surface area contributed by atoms with Crippen LogP contribution in [0.2, 0.25) is 0 Å². The predicted molar refractivity (Wildman–Crippen MR) is 66.5 cm³/mol. The van der Waals surface area contributed by atoms with E-state index in [0.29, 0.717) is 6.42 Å². The van der Waals surface area contributed by atoms with Crippen LogP contribution in [-0.2, 0) is 19.6 Å². The van der Waals surface area contributed by atoms with Crippen molar-refractivity contribution in [3.8, 4) is 0 Å². The molecule has 1 atom stereocenters. The molecule has 0 aliphatic heterocycles. The van der Waals surface area contributed by atoms with Gasteiger partial charge >= 0.3 is 5.97 Å². The van der Waals surface area contributed by atoms with Crippen LogP contribution < -0.4 is 4.72 Å². The molecule has 106 valence electrons. The summed E-state index contributed by atoms with van der Waals surface area (Å²) in [5, 5.41) is 8.48. The van der Waals surface area contributed by atoms with Gasteiger partial charge in [0.05, 0.1) is 0 Å². The summed E-state index contributed by atoms with van der Waals surface area (Å²) in [6.07, 6.45) is 0.315. The van der Waals surface area contributed by atoms with Crippen molar-refractivity contribution in [3.05, 3.63) is 0 Å². The average Bonchev–Trinajstić information content (AvgIpc) is 2.11. The van der Waals surface area contributed by atoms with Crippen molar-refractivity contribution in [2.75, 3.05) is 19.8 Å². The second kappa shape index (κ2) is 6.69. The molecule has 2 N–H and O–H groups in total. The molecule has 0 saturated heterocycles. The number of nitrogens with zero attached hydrogens (tertiary/aromatic N) is 1. The van der Waals surface area contributed by atoms with Gasteiger partial charge in [0.1, 0.15) is 6.04 Å². The van der Waals surface area contributed by atoms with E-state index in [4.69, 9.17) is 5.11 Å². The van der Waals surface area contributed by atoms with Gasteiger partial charge in [-0.3, -0.25) is 9.59 Å². The normalized spacial score (nSPS) is 13.4. The van der Waals surface area contributed by atoms with Crippen LogP contribution in [0.3, 0.4) is 0 Å². The van der Waals surface area contributed by atoms with Gasteiger partial charge in [-0.2, -0.15) is 0 Å². The summed E-state index contributed by atoms with van der Waals surface area (Å²) in [5.74, 6) is -2.78. The zero-order valence-electron chi connectivity index (χ0n) is 11.0. The zero-order valence-corrected chi connectivity index (χ0v) is 11.8. The third-order valence-corrected chi connectivity index (χ3v) is 3.35. The summed E-state index contributed by atoms with van der Waals surface area (Å²) in [6.45, 7) is 3.70. The summed E-state index contributed by atoms with van der Waals surface area (Å²) >= 11 is 0. The molecule has 18 heavy (non-hydrogen) atoms. The summed E-state index contributed by atoms with van der Waals surface area (Å²) in [5.41, 5.74) is 0. The first-order chi connectivity index (χ1) is 8.05. The highest BCUT2D eigenvalue weighted by atomic mass is 32.2. The fraction of sp³-hybridized carbons (Fsp3) is 0.800. The SMILES string of the molecule is CC(C)CC(NS(=O)(=O)CC(=O)O)C(=O)N(C)C. The summed E-state index contributed by atoms with van der Waals surface area (Å²) in [7, 11) is -0.971. The molecule has 0 aromatic rings. The number of carbonyl (C=O) groups excluding carboxylic acids is 1. The number of sulfonamides is 1. The Labute approximate surface area is 107 Å². The highest BCUT2D eigenvalue weighted by molar-refractivity contribution is 7.90. The first kappa shape index (κ1) is 16.9. The standard InChI is InChI=1S/C10H20N2O5S/c1-7(2)5-8(10(15)12(3)4)11-18(16,17)6-9(13)14/h7-8,11H,5-6H2,1-4H3,(H,13,14). The lowest BCUT2D eigenvalue weighted by molar-refractivity contribution is -0.134. The molecule has 1 unspecified atom stereocenters. The van der Waals surface area contributed by atoms with Crippen molar-refractivity contribution in [1.82, 2.24) is 9.62 Å². The average molecular weight is 280 g/mol. The van der Waals surface area contributed by atoms with E-state index in [1.54, 1.807) is 0 Å². The molecule has 0 fully saturated rings. The third-order valence-electron chi connectivity index (χ3n) is 2.08. The smallest absolute Gasteiger partial charge is 0.320 e. The van der Waals surface area contributed by atoms with E-state index >= 15 is 0 Å². The van der Waals surface area contributed by atoms with E-state index in [1.807, 2.05) is 13.8 Å². The molecule has 0 spiro atoms. The molecule has 0 aliphatic rings. The van der Waals surface area contributed by atoms with E-state index in [-0.39, 0.29) is 5.92 Å². The van der Waals surface area contributed by atoms with Crippen LogP contribution in [0.5, 0.6) is 0 Å². The first-order valence-electron chi connectivity index (χ1n) is 5.48. The van der Waals surface area contributed by atoms with Gasteiger partial charge in [0.15, 0.2) is 5.75 Å². The molecular weight excluding hydrogens is 260 g/mol. The van der Waals surface area contributed by atoms with Crippen molar-refractivity contribution in [1.29, 1.82) is 0 Å². The van der Waals surface area contributed by atoms with Gasteiger partial charge in [-0.05, 0) is 12.3 Å². The fourth-order valence-corrected chi connectivity index (χ4v) is 2.44. The highest BCUT2D eigenvalue weighted by Gasteiger charge is 2.27. The first-order valence-corrected chi connectivity index (χ1v) is 7.13. The van der Waals surface area contributed by atoms with Crippen molar-refractivity contribution in [2.24, 2.45) is 5.92 Å². The molecule has 0 radical (unpaired) electrons. The maximum absolute atomic E-state index is 11.8. The van der Waals surface area contributed by atoms with Crippen LogP contribution in [0.15, 0.2) is 0 Å². The minimum absolute atomic E-state index is 0.103. The van der Waals surface area contributed by atoms with E-state index in [9.17, 15) is 18.0 Å². The van der Waals surface area contributed by atoms with Crippen LogP contribution in [0.4, 0.5) is 0 Å². The minimum Gasteiger partial charge on any atom is -0.480 e. The topological polar surface area (TPSA) is 104 Å². The largest absolute Gasteiger partial charge is 0.480 e. The number of aliphatic carboxylic acids is 1.